The molecule has 1 amide bonds. The van der Waals surface area contributed by atoms with E-state index in [0.29, 0.717) is 30.3 Å². The minimum absolute atomic E-state index is 0.00270. The first-order valence-electron chi connectivity index (χ1n) is 7.36. The van der Waals surface area contributed by atoms with Crippen molar-refractivity contribution < 1.29 is 9.53 Å². The molecule has 0 aliphatic carbocycles. The summed E-state index contributed by atoms with van der Waals surface area (Å²) in [6.45, 7) is 3.77. The van der Waals surface area contributed by atoms with Crippen molar-refractivity contribution in [2.24, 2.45) is 0 Å². The van der Waals surface area contributed by atoms with Crippen LogP contribution in [0.5, 0.6) is 0 Å². The molecule has 1 aliphatic heterocycles. The standard InChI is InChI=1S/C18H18ClNO2/c1-13-5-7-14(8-6-13)17-12-20(9-10-22-17)18(21)15-3-2-4-16(19)11-15/h2-8,11,17H,9-10,12H2,1H3. The molecule has 3 rings (SSSR count). The van der Waals surface area contributed by atoms with Gasteiger partial charge in [-0.05, 0) is 30.7 Å². The maximum Gasteiger partial charge on any atom is 0.254 e. The monoisotopic (exact) mass is 315 g/mol. The van der Waals surface area contributed by atoms with Crippen LogP contribution in [0.2, 0.25) is 5.02 Å². The normalized spacial score (nSPS) is 18.3. The number of amides is 1. The smallest absolute Gasteiger partial charge is 0.254 e. The Labute approximate surface area is 135 Å². The molecule has 1 aliphatic rings. The van der Waals surface area contributed by atoms with Gasteiger partial charge in [-0.3, -0.25) is 4.79 Å². The summed E-state index contributed by atoms with van der Waals surface area (Å²) in [6, 6.07) is 15.3. The molecule has 4 heteroatoms. The van der Waals surface area contributed by atoms with E-state index in [-0.39, 0.29) is 12.0 Å². The van der Waals surface area contributed by atoms with Gasteiger partial charge in [-0.15, -0.1) is 0 Å². The van der Waals surface area contributed by atoms with E-state index in [2.05, 4.69) is 31.2 Å². The molecule has 2 aromatic rings. The molecule has 0 N–H and O–H groups in total. The van der Waals surface area contributed by atoms with Gasteiger partial charge in [-0.1, -0.05) is 47.5 Å². The van der Waals surface area contributed by atoms with Crippen LogP contribution in [-0.4, -0.2) is 30.5 Å². The first-order chi connectivity index (χ1) is 10.6. The first kappa shape index (κ1) is 15.1. The molecule has 1 saturated heterocycles. The molecule has 1 unspecified atom stereocenters. The van der Waals surface area contributed by atoms with Crippen molar-refractivity contribution in [1.82, 2.24) is 4.90 Å². The van der Waals surface area contributed by atoms with Crippen LogP contribution in [0, 0.1) is 6.92 Å². The Hall–Kier alpha value is -1.84. The molecule has 1 atom stereocenters. The van der Waals surface area contributed by atoms with Gasteiger partial charge in [0.25, 0.3) is 5.91 Å². The average Bonchev–Trinajstić information content (AvgIpc) is 2.55. The molecular weight excluding hydrogens is 298 g/mol. The van der Waals surface area contributed by atoms with Crippen LogP contribution in [0.4, 0.5) is 0 Å². The highest BCUT2D eigenvalue weighted by molar-refractivity contribution is 6.30. The summed E-state index contributed by atoms with van der Waals surface area (Å²) in [5.74, 6) is 0.00270. The summed E-state index contributed by atoms with van der Waals surface area (Å²) in [5, 5.41) is 0.578. The summed E-state index contributed by atoms with van der Waals surface area (Å²) in [7, 11) is 0. The lowest BCUT2D eigenvalue weighted by Gasteiger charge is -2.33. The third kappa shape index (κ3) is 3.32. The zero-order valence-corrected chi connectivity index (χ0v) is 13.2. The fourth-order valence-corrected chi connectivity index (χ4v) is 2.81. The lowest BCUT2D eigenvalue weighted by Crippen LogP contribution is -2.42. The topological polar surface area (TPSA) is 29.5 Å². The average molecular weight is 316 g/mol. The van der Waals surface area contributed by atoms with Gasteiger partial charge < -0.3 is 9.64 Å². The van der Waals surface area contributed by atoms with Crippen LogP contribution in [0.3, 0.4) is 0 Å². The third-order valence-corrected chi connectivity index (χ3v) is 4.11. The number of carbonyl (C=O) groups excluding carboxylic acids is 1. The molecule has 3 nitrogen and oxygen atoms in total. The maximum absolute atomic E-state index is 12.6. The second-order valence-corrected chi connectivity index (χ2v) is 5.97. The van der Waals surface area contributed by atoms with Gasteiger partial charge in [-0.25, -0.2) is 0 Å². The molecule has 0 aromatic heterocycles. The Balaban J connectivity index is 1.75. The SMILES string of the molecule is Cc1ccc(C2CN(C(=O)c3cccc(Cl)c3)CCO2)cc1. The van der Waals surface area contributed by atoms with Crippen molar-refractivity contribution in [1.29, 1.82) is 0 Å². The van der Waals surface area contributed by atoms with Gasteiger partial charge in [0.2, 0.25) is 0 Å². The molecule has 0 saturated carbocycles. The van der Waals surface area contributed by atoms with Crippen LogP contribution >= 0.6 is 11.6 Å². The van der Waals surface area contributed by atoms with Crippen LogP contribution in [0.25, 0.3) is 0 Å². The van der Waals surface area contributed by atoms with E-state index < -0.39 is 0 Å². The van der Waals surface area contributed by atoms with E-state index in [9.17, 15) is 4.79 Å². The number of rotatable bonds is 2. The van der Waals surface area contributed by atoms with Crippen LogP contribution < -0.4 is 0 Å². The Morgan fingerprint density at radius 3 is 2.73 bits per heavy atom. The molecule has 114 valence electrons. The minimum atomic E-state index is -0.0718. The zero-order chi connectivity index (χ0) is 15.5. The number of aryl methyl sites for hydroxylation is 1. The van der Waals surface area contributed by atoms with Gasteiger partial charge in [0.15, 0.2) is 0 Å². The third-order valence-electron chi connectivity index (χ3n) is 3.87. The molecule has 1 heterocycles. The van der Waals surface area contributed by atoms with Gasteiger partial charge >= 0.3 is 0 Å². The van der Waals surface area contributed by atoms with Crippen molar-refractivity contribution in [3.05, 3.63) is 70.2 Å². The summed E-state index contributed by atoms with van der Waals surface area (Å²) in [4.78, 5) is 14.4. The Bertz CT molecular complexity index is 669. The highest BCUT2D eigenvalue weighted by Gasteiger charge is 2.26. The summed E-state index contributed by atoms with van der Waals surface area (Å²) in [6.07, 6.45) is -0.0718. The molecule has 0 bridgehead atoms. The maximum atomic E-state index is 12.6. The fourth-order valence-electron chi connectivity index (χ4n) is 2.62. The van der Waals surface area contributed by atoms with Gasteiger partial charge in [0.1, 0.15) is 6.10 Å². The lowest BCUT2D eigenvalue weighted by molar-refractivity contribution is -0.0228. The second-order valence-electron chi connectivity index (χ2n) is 5.53. The number of carbonyl (C=O) groups is 1. The van der Waals surface area contributed by atoms with Gasteiger partial charge in [0.05, 0.1) is 13.2 Å². The largest absolute Gasteiger partial charge is 0.370 e. The van der Waals surface area contributed by atoms with E-state index in [4.69, 9.17) is 16.3 Å². The first-order valence-corrected chi connectivity index (χ1v) is 7.74. The summed E-state index contributed by atoms with van der Waals surface area (Å²) in [5.41, 5.74) is 2.94. The van der Waals surface area contributed by atoms with E-state index in [1.54, 1.807) is 24.3 Å². The predicted octanol–water partition coefficient (Wildman–Crippen LogP) is 3.86. The number of halogens is 1. The number of benzene rings is 2. The van der Waals surface area contributed by atoms with Gasteiger partial charge in [0, 0.05) is 17.1 Å². The number of nitrogens with zero attached hydrogens (tertiary/aromatic N) is 1. The van der Waals surface area contributed by atoms with Crippen molar-refractivity contribution in [3.8, 4) is 0 Å². The second kappa shape index (κ2) is 6.51. The summed E-state index contributed by atoms with van der Waals surface area (Å²) < 4.78 is 5.82. The molecule has 0 radical (unpaired) electrons. The van der Waals surface area contributed by atoms with Crippen LogP contribution in [0.1, 0.15) is 27.6 Å². The van der Waals surface area contributed by atoms with E-state index >= 15 is 0 Å². The van der Waals surface area contributed by atoms with Gasteiger partial charge in [-0.2, -0.15) is 0 Å². The Morgan fingerprint density at radius 1 is 1.23 bits per heavy atom. The lowest BCUT2D eigenvalue weighted by atomic mass is 10.1. The Morgan fingerprint density at radius 2 is 2.00 bits per heavy atom. The molecule has 0 spiro atoms. The summed E-state index contributed by atoms with van der Waals surface area (Å²) >= 11 is 5.97. The van der Waals surface area contributed by atoms with Crippen molar-refractivity contribution in [2.75, 3.05) is 19.7 Å². The van der Waals surface area contributed by atoms with Crippen molar-refractivity contribution in [3.63, 3.8) is 0 Å². The number of hydrogen-bond donors (Lipinski definition) is 0. The quantitative estimate of drug-likeness (QED) is 0.842. The zero-order valence-electron chi connectivity index (χ0n) is 12.5. The molecular formula is C18H18ClNO2. The molecule has 22 heavy (non-hydrogen) atoms. The van der Waals surface area contributed by atoms with E-state index in [1.165, 1.54) is 5.56 Å². The minimum Gasteiger partial charge on any atom is -0.370 e. The van der Waals surface area contributed by atoms with Crippen LogP contribution in [-0.2, 0) is 4.74 Å². The van der Waals surface area contributed by atoms with Crippen molar-refractivity contribution in [2.45, 2.75) is 13.0 Å². The highest BCUT2D eigenvalue weighted by Crippen LogP contribution is 2.24. The van der Waals surface area contributed by atoms with Crippen LogP contribution in [0.15, 0.2) is 48.5 Å². The molecule has 1 fully saturated rings. The number of ether oxygens (including phenoxy) is 1. The number of morpholine rings is 1. The van der Waals surface area contributed by atoms with Crippen molar-refractivity contribution >= 4 is 17.5 Å². The van der Waals surface area contributed by atoms with E-state index in [0.717, 1.165) is 5.56 Å². The molecule has 2 aromatic carbocycles. The highest BCUT2D eigenvalue weighted by atomic mass is 35.5. The number of hydrogen-bond acceptors (Lipinski definition) is 2. The Kier molecular flexibility index (Phi) is 4.46. The van der Waals surface area contributed by atoms with E-state index in [1.807, 2.05) is 4.90 Å². The fraction of sp³-hybridized carbons (Fsp3) is 0.278. The predicted molar refractivity (Wildman–Crippen MR) is 87.2 cm³/mol.